The molecule has 25 heavy (non-hydrogen) atoms. The van der Waals surface area contributed by atoms with E-state index < -0.39 is 6.55 Å². The molecule has 1 heterocycles. The highest BCUT2D eigenvalue weighted by atomic mass is 19.3. The van der Waals surface area contributed by atoms with E-state index in [1.807, 2.05) is 37.3 Å². The Kier molecular flexibility index (Phi) is 4.79. The van der Waals surface area contributed by atoms with Crippen LogP contribution in [0.3, 0.4) is 0 Å². The van der Waals surface area contributed by atoms with Crippen molar-refractivity contribution >= 4 is 5.69 Å². The number of nitrogens with one attached hydrogen (secondary N) is 1. The van der Waals surface area contributed by atoms with Crippen LogP contribution in [0.1, 0.15) is 23.4 Å². The van der Waals surface area contributed by atoms with Crippen molar-refractivity contribution in [3.63, 3.8) is 0 Å². The van der Waals surface area contributed by atoms with Crippen LogP contribution in [0.5, 0.6) is 0 Å². The zero-order valence-corrected chi connectivity index (χ0v) is 13.9. The molecular weight excluding hydrogens is 327 g/mol. The Bertz CT molecular complexity index is 850. The van der Waals surface area contributed by atoms with Gasteiger partial charge in [-0.05, 0) is 43.2 Å². The van der Waals surface area contributed by atoms with Crippen LogP contribution in [0.4, 0.5) is 18.9 Å². The largest absolute Gasteiger partial charge is 0.381 e. The van der Waals surface area contributed by atoms with Gasteiger partial charge in [0.25, 0.3) is 0 Å². The second-order valence-electron chi connectivity index (χ2n) is 5.85. The second-order valence-corrected chi connectivity index (χ2v) is 5.85. The molecule has 0 amide bonds. The molecule has 0 radical (unpaired) electrons. The number of alkyl halides is 2. The van der Waals surface area contributed by atoms with Gasteiger partial charge < -0.3 is 5.32 Å². The Morgan fingerprint density at radius 1 is 1.08 bits per heavy atom. The summed E-state index contributed by atoms with van der Waals surface area (Å²) in [4.78, 5) is 0. The molecule has 6 heteroatoms. The third-order valence-electron chi connectivity index (χ3n) is 4.13. The van der Waals surface area contributed by atoms with Gasteiger partial charge in [0, 0.05) is 29.6 Å². The number of hydrogen-bond acceptors (Lipinski definition) is 2. The molecule has 3 aromatic rings. The summed E-state index contributed by atoms with van der Waals surface area (Å²) in [6.45, 7) is 1.28. The Balaban J connectivity index is 1.74. The minimum atomic E-state index is -2.66. The summed E-state index contributed by atoms with van der Waals surface area (Å²) in [7, 11) is 0. The number of halogens is 3. The average Bonchev–Trinajstić information content (AvgIpc) is 2.97. The van der Waals surface area contributed by atoms with Crippen molar-refractivity contribution in [3.05, 3.63) is 71.3 Å². The quantitative estimate of drug-likeness (QED) is 0.679. The van der Waals surface area contributed by atoms with E-state index in [0.29, 0.717) is 28.0 Å². The highest BCUT2D eigenvalue weighted by molar-refractivity contribution is 5.67. The van der Waals surface area contributed by atoms with E-state index in [1.54, 1.807) is 13.0 Å². The van der Waals surface area contributed by atoms with Crippen molar-refractivity contribution < 1.29 is 13.2 Å². The normalized spacial score (nSPS) is 11.1. The van der Waals surface area contributed by atoms with Gasteiger partial charge in [0.15, 0.2) is 0 Å². The summed E-state index contributed by atoms with van der Waals surface area (Å²) in [6.07, 6.45) is 1.34. The lowest BCUT2D eigenvalue weighted by atomic mass is 10.1. The lowest BCUT2D eigenvalue weighted by molar-refractivity contribution is 0.0563. The third-order valence-corrected chi connectivity index (χ3v) is 4.13. The van der Waals surface area contributed by atoms with Crippen LogP contribution in [-0.2, 0) is 6.54 Å². The Labute approximate surface area is 144 Å². The predicted octanol–water partition coefficient (Wildman–Crippen LogP) is 5.31. The Hall–Kier alpha value is -2.76. The summed E-state index contributed by atoms with van der Waals surface area (Å²) in [6, 6.07) is 12.3. The van der Waals surface area contributed by atoms with Crippen LogP contribution >= 0.6 is 0 Å². The fraction of sp³-hybridized carbons (Fsp3) is 0.211. The molecule has 0 saturated carbocycles. The molecule has 130 valence electrons. The van der Waals surface area contributed by atoms with Gasteiger partial charge in [-0.3, -0.25) is 0 Å². The van der Waals surface area contributed by atoms with Gasteiger partial charge in [0.2, 0.25) is 0 Å². The van der Waals surface area contributed by atoms with E-state index in [9.17, 15) is 13.2 Å². The molecular formula is C19H18F3N3. The van der Waals surface area contributed by atoms with Crippen LogP contribution in [0, 0.1) is 19.7 Å². The first-order chi connectivity index (χ1) is 12.0. The number of nitrogens with zero attached hydrogens (tertiary/aromatic N) is 2. The van der Waals surface area contributed by atoms with Crippen molar-refractivity contribution in [2.75, 3.05) is 5.32 Å². The summed E-state index contributed by atoms with van der Waals surface area (Å²) >= 11 is 0. The molecule has 0 aliphatic carbocycles. The highest BCUT2D eigenvalue weighted by Crippen LogP contribution is 2.26. The van der Waals surface area contributed by atoms with E-state index >= 15 is 0 Å². The van der Waals surface area contributed by atoms with Crippen LogP contribution in [0.25, 0.3) is 11.1 Å². The van der Waals surface area contributed by atoms with Crippen molar-refractivity contribution in [2.45, 2.75) is 26.9 Å². The van der Waals surface area contributed by atoms with Crippen molar-refractivity contribution in [1.82, 2.24) is 9.78 Å². The van der Waals surface area contributed by atoms with E-state index in [1.165, 1.54) is 12.3 Å². The van der Waals surface area contributed by atoms with Crippen molar-refractivity contribution in [3.8, 4) is 11.1 Å². The topological polar surface area (TPSA) is 29.9 Å². The van der Waals surface area contributed by atoms with Gasteiger partial charge in [-0.1, -0.05) is 24.3 Å². The monoisotopic (exact) mass is 345 g/mol. The van der Waals surface area contributed by atoms with E-state index in [0.717, 1.165) is 16.8 Å². The zero-order chi connectivity index (χ0) is 18.0. The molecule has 1 aromatic heterocycles. The van der Waals surface area contributed by atoms with Gasteiger partial charge in [-0.15, -0.1) is 0 Å². The number of aromatic nitrogens is 2. The van der Waals surface area contributed by atoms with Crippen LogP contribution < -0.4 is 5.32 Å². The fourth-order valence-electron chi connectivity index (χ4n) is 2.71. The molecule has 3 nitrogen and oxygen atoms in total. The zero-order valence-electron chi connectivity index (χ0n) is 13.9. The summed E-state index contributed by atoms with van der Waals surface area (Å²) < 4.78 is 39.9. The first kappa shape index (κ1) is 17.1. The van der Waals surface area contributed by atoms with E-state index in [2.05, 4.69) is 10.4 Å². The Morgan fingerprint density at radius 2 is 1.80 bits per heavy atom. The predicted molar refractivity (Wildman–Crippen MR) is 92.1 cm³/mol. The average molecular weight is 345 g/mol. The number of hydrogen-bond donors (Lipinski definition) is 1. The SMILES string of the molecule is Cc1cccc(F)c1CNc1ccc(-c2cn(C(F)F)nc2C)cc1. The van der Waals surface area contributed by atoms with Gasteiger partial charge in [0.05, 0.1) is 5.69 Å². The van der Waals surface area contributed by atoms with Crippen LogP contribution in [0.2, 0.25) is 0 Å². The molecule has 0 unspecified atom stereocenters. The molecule has 0 saturated heterocycles. The van der Waals surface area contributed by atoms with Crippen molar-refractivity contribution in [2.24, 2.45) is 0 Å². The molecule has 0 spiro atoms. The maximum atomic E-state index is 13.8. The van der Waals surface area contributed by atoms with Crippen molar-refractivity contribution in [1.29, 1.82) is 0 Å². The van der Waals surface area contributed by atoms with Crippen LogP contribution in [-0.4, -0.2) is 9.78 Å². The number of benzene rings is 2. The first-order valence-electron chi connectivity index (χ1n) is 7.88. The second kappa shape index (κ2) is 7.01. The Morgan fingerprint density at radius 3 is 2.40 bits per heavy atom. The standard InChI is InChI=1S/C19H18F3N3/c1-12-4-3-5-18(20)16(12)10-23-15-8-6-14(7-9-15)17-11-25(19(21)22)24-13(17)2/h3-9,11,19,23H,10H2,1-2H3. The molecule has 2 aromatic carbocycles. The molecule has 0 bridgehead atoms. The molecule has 3 rings (SSSR count). The fourth-order valence-corrected chi connectivity index (χ4v) is 2.71. The molecule has 0 atom stereocenters. The van der Waals surface area contributed by atoms with Gasteiger partial charge in [-0.25, -0.2) is 9.07 Å². The van der Waals surface area contributed by atoms with Gasteiger partial charge in [0.1, 0.15) is 5.82 Å². The first-order valence-corrected chi connectivity index (χ1v) is 7.88. The van der Waals surface area contributed by atoms with Gasteiger partial charge >= 0.3 is 6.55 Å². The number of aryl methyl sites for hydroxylation is 2. The smallest absolute Gasteiger partial charge is 0.333 e. The van der Waals surface area contributed by atoms with Gasteiger partial charge in [-0.2, -0.15) is 13.9 Å². The molecule has 0 aliphatic rings. The molecule has 0 fully saturated rings. The van der Waals surface area contributed by atoms with E-state index in [-0.39, 0.29) is 5.82 Å². The number of rotatable bonds is 5. The lowest BCUT2D eigenvalue weighted by Gasteiger charge is -2.10. The maximum Gasteiger partial charge on any atom is 0.333 e. The summed E-state index contributed by atoms with van der Waals surface area (Å²) in [5, 5.41) is 6.99. The molecule has 1 N–H and O–H groups in total. The molecule has 0 aliphatic heterocycles. The summed E-state index contributed by atoms with van der Waals surface area (Å²) in [5.74, 6) is -0.237. The lowest BCUT2D eigenvalue weighted by Crippen LogP contribution is -2.03. The third kappa shape index (κ3) is 3.68. The van der Waals surface area contributed by atoms with E-state index in [4.69, 9.17) is 0 Å². The maximum absolute atomic E-state index is 13.8. The van der Waals surface area contributed by atoms with Crippen LogP contribution in [0.15, 0.2) is 48.7 Å². The summed E-state index contributed by atoms with van der Waals surface area (Å²) in [5.41, 5.74) is 4.35. The minimum Gasteiger partial charge on any atom is -0.381 e. The highest BCUT2D eigenvalue weighted by Gasteiger charge is 2.12. The minimum absolute atomic E-state index is 0.237. The number of anilines is 1.